The second-order valence-electron chi connectivity index (χ2n) is 7.62. The van der Waals surface area contributed by atoms with Crippen molar-refractivity contribution in [2.24, 2.45) is 5.92 Å². The quantitative estimate of drug-likeness (QED) is 0.563. The predicted octanol–water partition coefficient (Wildman–Crippen LogP) is 3.34. The molecule has 27 heavy (non-hydrogen) atoms. The Hall–Kier alpha value is -0.320. The van der Waals surface area contributed by atoms with Crippen LogP contribution < -0.4 is 0 Å². The van der Waals surface area contributed by atoms with Crippen molar-refractivity contribution >= 4 is 50.6 Å². The molecule has 1 aromatic heterocycles. The molecule has 1 aliphatic carbocycles. The molecule has 1 saturated carbocycles. The minimum atomic E-state index is -3.00. The van der Waals surface area contributed by atoms with E-state index in [1.54, 1.807) is 11.8 Å². The molecule has 1 saturated heterocycles. The van der Waals surface area contributed by atoms with Crippen LogP contribution in [0.4, 0.5) is 0 Å². The summed E-state index contributed by atoms with van der Waals surface area (Å²) in [5.74, 6) is 2.27. The van der Waals surface area contributed by atoms with Gasteiger partial charge in [0, 0.05) is 17.8 Å². The van der Waals surface area contributed by atoms with Gasteiger partial charge in [0.05, 0.1) is 17.3 Å². The van der Waals surface area contributed by atoms with Gasteiger partial charge in [0.15, 0.2) is 18.5 Å². The van der Waals surface area contributed by atoms with E-state index < -0.39 is 9.84 Å². The van der Waals surface area contributed by atoms with E-state index in [-0.39, 0.29) is 29.5 Å². The lowest BCUT2D eigenvalue weighted by molar-refractivity contribution is -0.132. The van der Waals surface area contributed by atoms with Gasteiger partial charge < -0.3 is 4.90 Å². The number of hydrogen-bond acceptors (Lipinski definition) is 8. The molecule has 0 spiro atoms. The van der Waals surface area contributed by atoms with Gasteiger partial charge in [-0.1, -0.05) is 61.5 Å². The third-order valence-electron chi connectivity index (χ3n) is 4.86. The molecule has 1 aliphatic heterocycles. The minimum absolute atomic E-state index is 0.0422. The van der Waals surface area contributed by atoms with Crippen molar-refractivity contribution in [3.63, 3.8) is 0 Å². The van der Waals surface area contributed by atoms with E-state index in [9.17, 15) is 13.2 Å². The van der Waals surface area contributed by atoms with Gasteiger partial charge in [-0.05, 0) is 25.2 Å². The molecule has 6 nitrogen and oxygen atoms in total. The average molecular weight is 450 g/mol. The normalized spacial score (nSPS) is 22.6. The Morgan fingerprint density at radius 2 is 1.81 bits per heavy atom. The number of amides is 1. The van der Waals surface area contributed by atoms with Crippen LogP contribution in [0.3, 0.4) is 0 Å². The van der Waals surface area contributed by atoms with E-state index in [2.05, 4.69) is 24.0 Å². The molecule has 2 aliphatic rings. The fraction of sp³-hybridized carbons (Fsp3) is 0.824. The highest BCUT2D eigenvalue weighted by Gasteiger charge is 2.38. The predicted molar refractivity (Wildman–Crippen MR) is 112 cm³/mol. The molecule has 3 rings (SSSR count). The summed E-state index contributed by atoms with van der Waals surface area (Å²) in [6.07, 6.45) is 4.79. The monoisotopic (exact) mass is 449 g/mol. The van der Waals surface area contributed by atoms with Crippen molar-refractivity contribution in [2.75, 3.05) is 23.0 Å². The highest BCUT2D eigenvalue weighted by molar-refractivity contribution is 8.03. The lowest BCUT2D eigenvalue weighted by Crippen LogP contribution is -2.47. The second-order valence-corrected chi connectivity index (χ2v) is 13.3. The molecule has 1 amide bonds. The van der Waals surface area contributed by atoms with E-state index in [4.69, 9.17) is 0 Å². The van der Waals surface area contributed by atoms with E-state index in [0.717, 1.165) is 40.1 Å². The highest BCUT2D eigenvalue weighted by Crippen LogP contribution is 2.32. The number of hydrogen-bond donors (Lipinski definition) is 0. The summed E-state index contributed by atoms with van der Waals surface area (Å²) in [6.45, 7) is 4.34. The smallest absolute Gasteiger partial charge is 0.233 e. The van der Waals surface area contributed by atoms with Gasteiger partial charge >= 0.3 is 0 Å². The van der Waals surface area contributed by atoms with Gasteiger partial charge in [-0.2, -0.15) is 0 Å². The number of carbonyl (C=O) groups excluding carboxylic acids is 1. The van der Waals surface area contributed by atoms with Crippen LogP contribution in [0.2, 0.25) is 0 Å². The van der Waals surface area contributed by atoms with E-state index in [1.165, 1.54) is 23.1 Å². The van der Waals surface area contributed by atoms with E-state index >= 15 is 0 Å². The zero-order valence-corrected chi connectivity index (χ0v) is 19.1. The van der Waals surface area contributed by atoms with Crippen LogP contribution in [-0.2, 0) is 14.6 Å². The summed E-state index contributed by atoms with van der Waals surface area (Å²) in [5, 5.41) is 8.38. The summed E-state index contributed by atoms with van der Waals surface area (Å²) in [4.78, 5) is 14.9. The molecular formula is C17H27N3O3S4. The summed E-state index contributed by atoms with van der Waals surface area (Å²) in [6, 6.07) is 0.0424. The second kappa shape index (κ2) is 9.45. The average Bonchev–Trinajstić information content (AvgIpc) is 3.33. The molecule has 2 fully saturated rings. The van der Waals surface area contributed by atoms with Crippen molar-refractivity contribution in [3.8, 4) is 0 Å². The molecule has 1 atom stereocenters. The van der Waals surface area contributed by atoms with Gasteiger partial charge in [0.25, 0.3) is 0 Å². The first-order valence-corrected chi connectivity index (χ1v) is 14.1. The SMILES string of the molecule is CC(C)CSc1nnc(SCC(=O)N(C2CCCC2)[C@@H]2CCS(=O)(=O)C2)s1. The standard InChI is InChI=1S/C17H27N3O3S4/c1-12(2)9-24-16-18-19-17(26-16)25-10-15(21)20(13-5-3-4-6-13)14-7-8-27(22,23)11-14/h12-14H,3-11H2,1-2H3/t14-/m1/s1. The fourth-order valence-corrected chi connectivity index (χ4v) is 8.21. The zero-order chi connectivity index (χ0) is 19.4. The molecule has 0 radical (unpaired) electrons. The molecular weight excluding hydrogens is 422 g/mol. The largest absolute Gasteiger partial charge is 0.335 e. The van der Waals surface area contributed by atoms with Gasteiger partial charge in [-0.25, -0.2) is 8.42 Å². The lowest BCUT2D eigenvalue weighted by Gasteiger charge is -2.34. The third-order valence-corrected chi connectivity index (χ3v) is 10.2. The van der Waals surface area contributed by atoms with Crippen molar-refractivity contribution in [3.05, 3.63) is 0 Å². The number of aromatic nitrogens is 2. The van der Waals surface area contributed by atoms with E-state index in [1.807, 2.05) is 4.90 Å². The number of thioether (sulfide) groups is 2. The minimum Gasteiger partial charge on any atom is -0.335 e. The Bertz CT molecular complexity index is 744. The summed E-state index contributed by atoms with van der Waals surface area (Å²) in [7, 11) is -3.00. The zero-order valence-electron chi connectivity index (χ0n) is 15.8. The molecule has 0 unspecified atom stereocenters. The van der Waals surface area contributed by atoms with Crippen molar-refractivity contribution in [2.45, 2.75) is 66.7 Å². The molecule has 1 aromatic rings. The van der Waals surface area contributed by atoms with Crippen LogP contribution in [0.15, 0.2) is 8.68 Å². The van der Waals surface area contributed by atoms with Crippen molar-refractivity contribution in [1.29, 1.82) is 0 Å². The molecule has 152 valence electrons. The van der Waals surface area contributed by atoms with Crippen LogP contribution in [0, 0.1) is 5.92 Å². The number of nitrogens with zero attached hydrogens (tertiary/aromatic N) is 3. The van der Waals surface area contributed by atoms with Crippen molar-refractivity contribution in [1.82, 2.24) is 15.1 Å². The lowest BCUT2D eigenvalue weighted by atomic mass is 10.1. The number of sulfone groups is 1. The topological polar surface area (TPSA) is 80.2 Å². The maximum atomic E-state index is 13.0. The van der Waals surface area contributed by atoms with Crippen LogP contribution in [-0.4, -0.2) is 64.5 Å². The Balaban J connectivity index is 1.59. The van der Waals surface area contributed by atoms with Gasteiger partial charge in [-0.3, -0.25) is 4.79 Å². The summed E-state index contributed by atoms with van der Waals surface area (Å²) < 4.78 is 25.6. The van der Waals surface area contributed by atoms with Crippen LogP contribution >= 0.6 is 34.9 Å². The molecule has 0 N–H and O–H groups in total. The maximum Gasteiger partial charge on any atom is 0.233 e. The summed E-state index contributed by atoms with van der Waals surface area (Å²) in [5.41, 5.74) is 0. The molecule has 0 aromatic carbocycles. The number of carbonyl (C=O) groups is 1. The Labute approximate surface area is 174 Å². The first-order valence-electron chi connectivity index (χ1n) is 9.45. The molecule has 0 bridgehead atoms. The van der Waals surface area contributed by atoms with Crippen LogP contribution in [0.5, 0.6) is 0 Å². The van der Waals surface area contributed by atoms with E-state index in [0.29, 0.717) is 18.1 Å². The van der Waals surface area contributed by atoms with Gasteiger partial charge in [-0.15, -0.1) is 10.2 Å². The maximum absolute atomic E-state index is 13.0. The molecule has 10 heteroatoms. The van der Waals surface area contributed by atoms with Crippen molar-refractivity contribution < 1.29 is 13.2 Å². The van der Waals surface area contributed by atoms with Gasteiger partial charge in [0.1, 0.15) is 0 Å². The first-order chi connectivity index (χ1) is 12.8. The number of rotatable bonds is 8. The van der Waals surface area contributed by atoms with Crippen LogP contribution in [0.25, 0.3) is 0 Å². The molecule has 2 heterocycles. The Morgan fingerprint density at radius 3 is 2.41 bits per heavy atom. The first kappa shape index (κ1) is 21.4. The fourth-order valence-electron chi connectivity index (χ4n) is 3.63. The van der Waals surface area contributed by atoms with Gasteiger partial charge in [0.2, 0.25) is 5.91 Å². The Morgan fingerprint density at radius 1 is 1.15 bits per heavy atom. The highest BCUT2D eigenvalue weighted by atomic mass is 32.2. The summed E-state index contributed by atoms with van der Waals surface area (Å²) >= 11 is 4.65. The Kier molecular flexibility index (Phi) is 7.49. The van der Waals surface area contributed by atoms with Crippen LogP contribution in [0.1, 0.15) is 46.0 Å². The third kappa shape index (κ3) is 6.08.